The molecule has 7 heteroatoms. The zero-order valence-electron chi connectivity index (χ0n) is 10.8. The number of rotatable bonds is 4. The number of carbonyl (C=O) groups is 1. The summed E-state index contributed by atoms with van der Waals surface area (Å²) in [5, 5.41) is 12.1. The molecule has 0 spiro atoms. The molecule has 19 heavy (non-hydrogen) atoms. The zero-order chi connectivity index (χ0) is 14.0. The van der Waals surface area contributed by atoms with Gasteiger partial charge in [-0.05, 0) is 50.0 Å². The minimum atomic E-state index is -3.88. The topological polar surface area (TPSA) is 104 Å². The van der Waals surface area contributed by atoms with Crippen LogP contribution < -0.4 is 5.32 Å². The van der Waals surface area contributed by atoms with Gasteiger partial charge in [-0.25, -0.2) is 0 Å². The third-order valence-electron chi connectivity index (χ3n) is 4.50. The van der Waals surface area contributed by atoms with Crippen molar-refractivity contribution >= 4 is 16.1 Å². The molecule has 2 aliphatic rings. The maximum absolute atomic E-state index is 11.0. The van der Waals surface area contributed by atoms with Crippen LogP contribution >= 0.6 is 0 Å². The lowest BCUT2D eigenvalue weighted by Gasteiger charge is -2.41. The minimum Gasteiger partial charge on any atom is -0.480 e. The summed E-state index contributed by atoms with van der Waals surface area (Å²) in [6.07, 6.45) is 3.97. The summed E-state index contributed by atoms with van der Waals surface area (Å²) in [5.74, 6) is 0.171. The Kier molecular flexibility index (Phi) is 4.47. The molecule has 0 bridgehead atoms. The minimum absolute atomic E-state index is 0.185. The highest BCUT2D eigenvalue weighted by atomic mass is 32.2. The molecule has 0 aromatic carbocycles. The van der Waals surface area contributed by atoms with E-state index < -0.39 is 22.1 Å². The van der Waals surface area contributed by atoms with Crippen molar-refractivity contribution in [2.45, 2.75) is 38.1 Å². The van der Waals surface area contributed by atoms with Crippen LogP contribution in [-0.4, -0.2) is 42.4 Å². The summed E-state index contributed by atoms with van der Waals surface area (Å²) in [7, 11) is -3.88. The monoisotopic (exact) mass is 291 g/mol. The van der Waals surface area contributed by atoms with Crippen molar-refractivity contribution in [1.82, 2.24) is 5.32 Å². The summed E-state index contributed by atoms with van der Waals surface area (Å²) in [5.41, 5.74) is 0. The van der Waals surface area contributed by atoms with Gasteiger partial charge in [-0.1, -0.05) is 6.42 Å². The Hall–Kier alpha value is -0.660. The highest BCUT2D eigenvalue weighted by molar-refractivity contribution is 7.85. The first-order chi connectivity index (χ1) is 8.85. The van der Waals surface area contributed by atoms with Gasteiger partial charge in [0, 0.05) is 0 Å². The Morgan fingerprint density at radius 3 is 2.58 bits per heavy atom. The third kappa shape index (κ3) is 4.15. The lowest BCUT2D eigenvalue weighted by Crippen LogP contribution is -2.49. The second-order valence-electron chi connectivity index (χ2n) is 5.81. The van der Waals surface area contributed by atoms with Crippen LogP contribution in [0.3, 0.4) is 0 Å². The van der Waals surface area contributed by atoms with Crippen molar-refractivity contribution in [1.29, 1.82) is 0 Å². The van der Waals surface area contributed by atoms with Gasteiger partial charge < -0.3 is 10.4 Å². The van der Waals surface area contributed by atoms with E-state index in [9.17, 15) is 13.2 Å². The number of aliphatic carboxylic acids is 1. The van der Waals surface area contributed by atoms with E-state index in [1.165, 1.54) is 0 Å². The summed E-state index contributed by atoms with van der Waals surface area (Å²) in [4.78, 5) is 11.0. The average molecular weight is 291 g/mol. The molecular weight excluding hydrogens is 270 g/mol. The number of hydrogen-bond acceptors (Lipinski definition) is 4. The molecule has 0 aromatic heterocycles. The molecule has 2 fully saturated rings. The van der Waals surface area contributed by atoms with Crippen LogP contribution in [0.1, 0.15) is 32.1 Å². The molecular formula is C12H21NO5S. The van der Waals surface area contributed by atoms with Gasteiger partial charge >= 0.3 is 5.97 Å². The number of piperidine rings is 1. The molecule has 0 unspecified atom stereocenters. The highest BCUT2D eigenvalue weighted by Crippen LogP contribution is 2.39. The van der Waals surface area contributed by atoms with E-state index in [0.29, 0.717) is 24.7 Å². The normalized spacial score (nSPS) is 35.6. The predicted molar refractivity (Wildman–Crippen MR) is 69.4 cm³/mol. The number of nitrogens with one attached hydrogen (secondary N) is 1. The fourth-order valence-electron chi connectivity index (χ4n) is 3.43. The van der Waals surface area contributed by atoms with Gasteiger partial charge in [0.15, 0.2) is 0 Å². The fraction of sp³-hybridized carbons (Fsp3) is 0.917. The molecule has 1 aliphatic carbocycles. The van der Waals surface area contributed by atoms with Crippen molar-refractivity contribution < 1.29 is 22.9 Å². The first-order valence-corrected chi connectivity index (χ1v) is 8.37. The quantitative estimate of drug-likeness (QED) is 0.660. The van der Waals surface area contributed by atoms with Crippen molar-refractivity contribution in [3.05, 3.63) is 0 Å². The van der Waals surface area contributed by atoms with E-state index in [1.807, 2.05) is 0 Å². The summed E-state index contributed by atoms with van der Waals surface area (Å²) >= 11 is 0. The van der Waals surface area contributed by atoms with Gasteiger partial charge in [-0.15, -0.1) is 0 Å². The summed E-state index contributed by atoms with van der Waals surface area (Å²) < 4.78 is 30.3. The first kappa shape index (κ1) is 14.7. The third-order valence-corrected chi connectivity index (χ3v) is 5.25. The van der Waals surface area contributed by atoms with E-state index in [-0.39, 0.29) is 11.7 Å². The zero-order valence-corrected chi connectivity index (χ0v) is 11.6. The van der Waals surface area contributed by atoms with Crippen LogP contribution in [0.5, 0.6) is 0 Å². The molecule has 1 saturated carbocycles. The summed E-state index contributed by atoms with van der Waals surface area (Å²) in [6.45, 7) is 0.743. The smallest absolute Gasteiger partial charge is 0.320 e. The maximum Gasteiger partial charge on any atom is 0.320 e. The van der Waals surface area contributed by atoms with Crippen LogP contribution in [0.25, 0.3) is 0 Å². The Balaban J connectivity index is 1.87. The largest absolute Gasteiger partial charge is 0.480 e. The molecule has 0 radical (unpaired) electrons. The Bertz CT molecular complexity index is 435. The molecule has 0 aromatic rings. The van der Waals surface area contributed by atoms with Crippen LogP contribution in [0.4, 0.5) is 0 Å². The van der Waals surface area contributed by atoms with E-state index in [2.05, 4.69) is 5.32 Å². The van der Waals surface area contributed by atoms with Gasteiger partial charge in [-0.3, -0.25) is 9.35 Å². The van der Waals surface area contributed by atoms with Crippen LogP contribution in [-0.2, 0) is 14.9 Å². The lowest BCUT2D eigenvalue weighted by atomic mass is 9.69. The van der Waals surface area contributed by atoms with Crippen molar-refractivity contribution in [3.8, 4) is 0 Å². The van der Waals surface area contributed by atoms with E-state index in [1.54, 1.807) is 0 Å². The number of carboxylic acid groups (broad SMARTS) is 1. The van der Waals surface area contributed by atoms with Crippen molar-refractivity contribution in [2.24, 2.45) is 17.8 Å². The molecule has 0 amide bonds. The maximum atomic E-state index is 11.0. The van der Waals surface area contributed by atoms with E-state index in [4.69, 9.17) is 9.66 Å². The Morgan fingerprint density at radius 2 is 1.95 bits per heavy atom. The molecule has 1 heterocycles. The van der Waals surface area contributed by atoms with Gasteiger partial charge in [0.25, 0.3) is 10.1 Å². The predicted octanol–water partition coefficient (Wildman–Crippen LogP) is 0.743. The van der Waals surface area contributed by atoms with Gasteiger partial charge in [0.2, 0.25) is 0 Å². The first-order valence-electron chi connectivity index (χ1n) is 6.76. The number of carboxylic acids is 1. The van der Waals surface area contributed by atoms with Crippen molar-refractivity contribution in [2.75, 3.05) is 12.3 Å². The van der Waals surface area contributed by atoms with Crippen LogP contribution in [0.15, 0.2) is 0 Å². The molecule has 1 aliphatic heterocycles. The van der Waals surface area contributed by atoms with Crippen LogP contribution in [0, 0.1) is 17.8 Å². The molecule has 2 rings (SSSR count). The molecule has 110 valence electrons. The van der Waals surface area contributed by atoms with E-state index in [0.717, 1.165) is 25.8 Å². The molecule has 6 nitrogen and oxygen atoms in total. The standard InChI is InChI=1S/C12H21NO5S/c14-12(15)11-6-10-5-8(3-4-19(16,17)18)1-2-9(10)7-13-11/h8-11,13H,1-7H2,(H,14,15)(H,16,17,18)/t8-,9-,10+,11-/m1/s1. The molecule has 4 atom stereocenters. The number of fused-ring (bicyclic) bond motifs is 1. The lowest BCUT2D eigenvalue weighted by molar-refractivity contribution is -0.141. The molecule has 1 saturated heterocycles. The SMILES string of the molecule is O=C(O)[C@H]1C[C@@H]2C[C@@H](CCS(=O)(=O)O)CC[C@@H]2CN1. The average Bonchev–Trinajstić information content (AvgIpc) is 2.34. The second kappa shape index (κ2) is 5.76. The molecule has 3 N–H and O–H groups in total. The number of hydrogen-bond donors (Lipinski definition) is 3. The highest BCUT2D eigenvalue weighted by Gasteiger charge is 2.37. The van der Waals surface area contributed by atoms with Crippen molar-refractivity contribution in [3.63, 3.8) is 0 Å². The van der Waals surface area contributed by atoms with E-state index >= 15 is 0 Å². The Morgan fingerprint density at radius 1 is 1.21 bits per heavy atom. The summed E-state index contributed by atoms with van der Waals surface area (Å²) in [6, 6.07) is -0.471. The van der Waals surface area contributed by atoms with Crippen LogP contribution in [0.2, 0.25) is 0 Å². The second-order valence-corrected chi connectivity index (χ2v) is 7.38. The fourth-order valence-corrected chi connectivity index (χ4v) is 4.06. The Labute approximate surface area is 113 Å². The van der Waals surface area contributed by atoms with Gasteiger partial charge in [0.05, 0.1) is 5.75 Å². The van der Waals surface area contributed by atoms with Gasteiger partial charge in [0.1, 0.15) is 6.04 Å². The van der Waals surface area contributed by atoms with Gasteiger partial charge in [-0.2, -0.15) is 8.42 Å².